The summed E-state index contributed by atoms with van der Waals surface area (Å²) in [5.41, 5.74) is 2.18. The number of benzene rings is 1. The maximum absolute atomic E-state index is 12.4. The summed E-state index contributed by atoms with van der Waals surface area (Å²) >= 11 is 0. The molecule has 0 radical (unpaired) electrons. The van der Waals surface area contributed by atoms with E-state index < -0.39 is 10.0 Å². The molecule has 0 saturated heterocycles. The Labute approximate surface area is 129 Å². The van der Waals surface area contributed by atoms with Crippen LogP contribution in [-0.2, 0) is 16.6 Å². The number of hydrogen-bond acceptors (Lipinski definition) is 4. The van der Waals surface area contributed by atoms with Gasteiger partial charge < -0.3 is 0 Å². The summed E-state index contributed by atoms with van der Waals surface area (Å²) in [6, 6.07) is 6.60. The second-order valence-electron chi connectivity index (χ2n) is 5.21. The Hall–Kier alpha value is -1.99. The molecule has 2 aromatic rings. The average molecular weight is 321 g/mol. The quantitative estimate of drug-likeness (QED) is 0.895. The van der Waals surface area contributed by atoms with Gasteiger partial charge in [0.05, 0.1) is 11.4 Å². The van der Waals surface area contributed by atoms with E-state index in [-0.39, 0.29) is 18.6 Å². The van der Waals surface area contributed by atoms with E-state index in [1.54, 1.807) is 19.9 Å². The number of sulfonamides is 1. The van der Waals surface area contributed by atoms with Crippen molar-refractivity contribution >= 4 is 10.0 Å². The van der Waals surface area contributed by atoms with Crippen LogP contribution in [0.15, 0.2) is 40.2 Å². The molecule has 0 aliphatic rings. The maximum Gasteiger partial charge on any atom is 0.266 e. The largest absolute Gasteiger partial charge is 0.268 e. The molecule has 1 aromatic heterocycles. The van der Waals surface area contributed by atoms with Crippen molar-refractivity contribution in [3.63, 3.8) is 0 Å². The topological polar surface area (TPSA) is 81.1 Å². The highest BCUT2D eigenvalue weighted by Gasteiger charge is 2.19. The molecule has 0 spiro atoms. The summed E-state index contributed by atoms with van der Waals surface area (Å²) in [7, 11) is -3.61. The molecule has 118 valence electrons. The average Bonchev–Trinajstić information content (AvgIpc) is 2.39. The van der Waals surface area contributed by atoms with Crippen LogP contribution in [0.5, 0.6) is 0 Å². The lowest BCUT2D eigenvalue weighted by atomic mass is 10.1. The van der Waals surface area contributed by atoms with Crippen molar-refractivity contribution in [2.24, 2.45) is 0 Å². The van der Waals surface area contributed by atoms with E-state index in [2.05, 4.69) is 9.82 Å². The van der Waals surface area contributed by atoms with Crippen molar-refractivity contribution in [3.05, 3.63) is 57.5 Å². The zero-order valence-electron chi connectivity index (χ0n) is 12.8. The van der Waals surface area contributed by atoms with Gasteiger partial charge in [-0.05, 0) is 38.0 Å². The molecule has 2 rings (SSSR count). The standard InChI is InChI=1S/C15H19N3O3S/c1-11-9-12(2)15(13(3)10-11)22(20,21)17-7-8-18-14(19)5-4-6-16-18/h4-6,9-10,17H,7-8H2,1-3H3. The molecule has 0 aliphatic heterocycles. The highest BCUT2D eigenvalue weighted by molar-refractivity contribution is 7.89. The molecule has 0 fully saturated rings. The molecule has 0 amide bonds. The third-order valence-corrected chi connectivity index (χ3v) is 5.04. The normalized spacial score (nSPS) is 11.6. The first kappa shape index (κ1) is 16.4. The molecule has 0 saturated carbocycles. The summed E-state index contributed by atoms with van der Waals surface area (Å²) < 4.78 is 28.6. The van der Waals surface area contributed by atoms with Gasteiger partial charge in [-0.25, -0.2) is 17.8 Å². The lowest BCUT2D eigenvalue weighted by Crippen LogP contribution is -2.32. The third-order valence-electron chi connectivity index (χ3n) is 3.27. The molecule has 0 aliphatic carbocycles. The van der Waals surface area contributed by atoms with Crippen LogP contribution >= 0.6 is 0 Å². The van der Waals surface area contributed by atoms with E-state index in [0.29, 0.717) is 16.0 Å². The number of aromatic nitrogens is 2. The molecule has 0 unspecified atom stereocenters. The van der Waals surface area contributed by atoms with Crippen LogP contribution in [-0.4, -0.2) is 24.7 Å². The van der Waals surface area contributed by atoms with Crippen LogP contribution in [0.4, 0.5) is 0 Å². The predicted octanol–water partition coefficient (Wildman–Crippen LogP) is 1.15. The van der Waals surface area contributed by atoms with Crippen LogP contribution in [0.25, 0.3) is 0 Å². The minimum atomic E-state index is -3.61. The highest BCUT2D eigenvalue weighted by Crippen LogP contribution is 2.21. The van der Waals surface area contributed by atoms with Crippen molar-refractivity contribution in [1.29, 1.82) is 0 Å². The first-order valence-corrected chi connectivity index (χ1v) is 8.39. The van der Waals surface area contributed by atoms with Crippen molar-refractivity contribution in [2.45, 2.75) is 32.2 Å². The molecule has 0 atom stereocenters. The second-order valence-corrected chi connectivity index (χ2v) is 6.91. The van der Waals surface area contributed by atoms with Crippen molar-refractivity contribution in [1.82, 2.24) is 14.5 Å². The molecule has 0 bridgehead atoms. The lowest BCUT2D eigenvalue weighted by molar-refractivity contribution is 0.546. The van der Waals surface area contributed by atoms with Gasteiger partial charge in [0.15, 0.2) is 0 Å². The summed E-state index contributed by atoms with van der Waals surface area (Å²) in [5, 5.41) is 3.89. The fraction of sp³-hybridized carbons (Fsp3) is 0.333. The van der Waals surface area contributed by atoms with E-state index in [4.69, 9.17) is 0 Å². The Balaban J connectivity index is 2.16. The zero-order chi connectivity index (χ0) is 16.3. The molecule has 7 heteroatoms. The van der Waals surface area contributed by atoms with Gasteiger partial charge in [0, 0.05) is 18.8 Å². The van der Waals surface area contributed by atoms with Gasteiger partial charge in [-0.2, -0.15) is 5.10 Å². The summed E-state index contributed by atoms with van der Waals surface area (Å²) in [5.74, 6) is 0. The Kier molecular flexibility index (Phi) is 4.77. The third kappa shape index (κ3) is 3.61. The van der Waals surface area contributed by atoms with Crippen LogP contribution in [0, 0.1) is 20.8 Å². The number of rotatable bonds is 5. The minimum Gasteiger partial charge on any atom is -0.268 e. The summed E-state index contributed by atoms with van der Waals surface area (Å²) in [6.07, 6.45) is 1.49. The monoisotopic (exact) mass is 321 g/mol. The van der Waals surface area contributed by atoms with Crippen molar-refractivity contribution in [2.75, 3.05) is 6.54 Å². The minimum absolute atomic E-state index is 0.103. The SMILES string of the molecule is Cc1cc(C)c(S(=O)(=O)NCCn2ncccc2=O)c(C)c1. The van der Waals surface area contributed by atoms with Crippen LogP contribution in [0.1, 0.15) is 16.7 Å². The van der Waals surface area contributed by atoms with Gasteiger partial charge in [-0.3, -0.25) is 4.79 Å². The molecular formula is C15H19N3O3S. The van der Waals surface area contributed by atoms with Crippen LogP contribution < -0.4 is 10.3 Å². The van der Waals surface area contributed by atoms with E-state index in [1.165, 1.54) is 16.9 Å². The number of aryl methyl sites for hydroxylation is 3. The number of hydrogen-bond donors (Lipinski definition) is 1. The van der Waals surface area contributed by atoms with Gasteiger partial charge in [-0.15, -0.1) is 0 Å². The van der Waals surface area contributed by atoms with Gasteiger partial charge >= 0.3 is 0 Å². The first-order valence-electron chi connectivity index (χ1n) is 6.91. The molecular weight excluding hydrogens is 302 g/mol. The van der Waals surface area contributed by atoms with E-state index in [9.17, 15) is 13.2 Å². The van der Waals surface area contributed by atoms with Crippen LogP contribution in [0.3, 0.4) is 0 Å². The lowest BCUT2D eigenvalue weighted by Gasteiger charge is -2.13. The zero-order valence-corrected chi connectivity index (χ0v) is 13.6. The fourth-order valence-corrected chi connectivity index (χ4v) is 3.97. The maximum atomic E-state index is 12.4. The Bertz CT molecular complexity index is 818. The summed E-state index contributed by atoms with van der Waals surface area (Å²) in [4.78, 5) is 11.8. The predicted molar refractivity (Wildman–Crippen MR) is 84.3 cm³/mol. The van der Waals surface area contributed by atoms with Gasteiger partial charge in [0.25, 0.3) is 5.56 Å². The Morgan fingerprint density at radius 2 is 1.82 bits per heavy atom. The molecule has 1 heterocycles. The van der Waals surface area contributed by atoms with Crippen LogP contribution in [0.2, 0.25) is 0 Å². The Morgan fingerprint density at radius 3 is 2.41 bits per heavy atom. The molecule has 6 nitrogen and oxygen atoms in total. The van der Waals surface area contributed by atoms with Gasteiger partial charge in [0.1, 0.15) is 0 Å². The summed E-state index contributed by atoms with van der Waals surface area (Å²) in [6.45, 7) is 5.77. The van der Waals surface area contributed by atoms with Crippen molar-refractivity contribution < 1.29 is 8.42 Å². The van der Waals surface area contributed by atoms with E-state index >= 15 is 0 Å². The highest BCUT2D eigenvalue weighted by atomic mass is 32.2. The van der Waals surface area contributed by atoms with E-state index in [0.717, 1.165) is 5.56 Å². The number of nitrogens with zero attached hydrogens (tertiary/aromatic N) is 2. The molecule has 22 heavy (non-hydrogen) atoms. The second kappa shape index (κ2) is 6.41. The number of nitrogens with one attached hydrogen (secondary N) is 1. The fourth-order valence-electron chi connectivity index (χ4n) is 2.50. The first-order chi connectivity index (χ1) is 10.3. The Morgan fingerprint density at radius 1 is 1.18 bits per heavy atom. The molecule has 1 N–H and O–H groups in total. The molecule has 1 aromatic carbocycles. The van der Waals surface area contributed by atoms with E-state index in [1.807, 2.05) is 19.1 Å². The van der Waals surface area contributed by atoms with Crippen molar-refractivity contribution in [3.8, 4) is 0 Å². The van der Waals surface area contributed by atoms with Gasteiger partial charge in [0.2, 0.25) is 10.0 Å². The smallest absolute Gasteiger partial charge is 0.266 e. The van der Waals surface area contributed by atoms with Gasteiger partial charge in [-0.1, -0.05) is 17.7 Å².